The maximum Gasteiger partial charge on any atom is 0.127 e. The first kappa shape index (κ1) is 13.5. The van der Waals surface area contributed by atoms with Crippen LogP contribution in [0, 0.1) is 0 Å². The van der Waals surface area contributed by atoms with Crippen molar-refractivity contribution in [3.63, 3.8) is 0 Å². The standard InChI is InChI=1S/C17H14N2OS/c18-17(21)16-13(7-4-10-19-16)11-20-15-9-3-6-12-5-1-2-8-14(12)15/h1-10H,11H2,(H2,18,21). The van der Waals surface area contributed by atoms with Crippen LogP contribution in [0.25, 0.3) is 10.8 Å². The molecule has 0 saturated heterocycles. The molecule has 3 rings (SSSR count). The number of thiocarbonyl (C=S) groups is 1. The van der Waals surface area contributed by atoms with E-state index in [4.69, 9.17) is 22.7 Å². The van der Waals surface area contributed by atoms with Gasteiger partial charge in [-0.2, -0.15) is 0 Å². The lowest BCUT2D eigenvalue weighted by atomic mass is 10.1. The molecule has 0 spiro atoms. The van der Waals surface area contributed by atoms with Gasteiger partial charge in [0.25, 0.3) is 0 Å². The van der Waals surface area contributed by atoms with Gasteiger partial charge in [0.15, 0.2) is 0 Å². The molecular formula is C17H14N2OS. The number of ether oxygens (including phenoxy) is 1. The van der Waals surface area contributed by atoms with E-state index >= 15 is 0 Å². The molecule has 0 bridgehead atoms. The van der Waals surface area contributed by atoms with Gasteiger partial charge in [-0.3, -0.25) is 4.98 Å². The number of hydrogen-bond donors (Lipinski definition) is 1. The molecule has 0 aliphatic carbocycles. The molecule has 0 aliphatic heterocycles. The summed E-state index contributed by atoms with van der Waals surface area (Å²) in [6.45, 7) is 0.383. The highest BCUT2D eigenvalue weighted by molar-refractivity contribution is 7.80. The lowest BCUT2D eigenvalue weighted by Gasteiger charge is -2.11. The summed E-state index contributed by atoms with van der Waals surface area (Å²) in [4.78, 5) is 4.49. The third kappa shape index (κ3) is 2.85. The van der Waals surface area contributed by atoms with Crippen LogP contribution in [-0.2, 0) is 6.61 Å². The van der Waals surface area contributed by atoms with Crippen molar-refractivity contribution in [3.05, 3.63) is 72.1 Å². The Bertz CT molecular complexity index is 796. The molecule has 0 saturated carbocycles. The zero-order valence-corrected chi connectivity index (χ0v) is 12.1. The van der Waals surface area contributed by atoms with E-state index in [2.05, 4.69) is 17.1 Å². The van der Waals surface area contributed by atoms with E-state index in [1.807, 2.05) is 42.5 Å². The van der Waals surface area contributed by atoms with Crippen molar-refractivity contribution in [1.29, 1.82) is 0 Å². The van der Waals surface area contributed by atoms with Crippen molar-refractivity contribution < 1.29 is 4.74 Å². The van der Waals surface area contributed by atoms with Crippen LogP contribution in [0.4, 0.5) is 0 Å². The lowest BCUT2D eigenvalue weighted by molar-refractivity contribution is 0.309. The number of aromatic nitrogens is 1. The van der Waals surface area contributed by atoms with E-state index < -0.39 is 0 Å². The topological polar surface area (TPSA) is 48.1 Å². The summed E-state index contributed by atoms with van der Waals surface area (Å²) < 4.78 is 5.94. The Balaban J connectivity index is 1.89. The van der Waals surface area contributed by atoms with E-state index in [9.17, 15) is 0 Å². The van der Waals surface area contributed by atoms with Gasteiger partial charge >= 0.3 is 0 Å². The minimum atomic E-state index is 0.284. The van der Waals surface area contributed by atoms with E-state index in [-0.39, 0.29) is 4.99 Å². The third-order valence-electron chi connectivity index (χ3n) is 3.26. The molecule has 4 heteroatoms. The first-order valence-electron chi connectivity index (χ1n) is 6.60. The number of benzene rings is 2. The molecule has 0 atom stereocenters. The molecule has 0 radical (unpaired) electrons. The van der Waals surface area contributed by atoms with Gasteiger partial charge < -0.3 is 10.5 Å². The van der Waals surface area contributed by atoms with Crippen molar-refractivity contribution in [3.8, 4) is 5.75 Å². The minimum absolute atomic E-state index is 0.284. The summed E-state index contributed by atoms with van der Waals surface area (Å²) in [7, 11) is 0. The summed E-state index contributed by atoms with van der Waals surface area (Å²) >= 11 is 5.02. The van der Waals surface area contributed by atoms with Gasteiger partial charge in [-0.25, -0.2) is 0 Å². The second kappa shape index (κ2) is 5.89. The van der Waals surface area contributed by atoms with Gasteiger partial charge in [-0.05, 0) is 17.5 Å². The van der Waals surface area contributed by atoms with Crippen molar-refractivity contribution in [2.24, 2.45) is 5.73 Å². The Kier molecular flexibility index (Phi) is 3.79. The predicted molar refractivity (Wildman–Crippen MR) is 88.4 cm³/mol. The molecule has 1 heterocycles. The van der Waals surface area contributed by atoms with E-state index in [0.29, 0.717) is 12.3 Å². The van der Waals surface area contributed by atoms with Crippen LogP contribution < -0.4 is 10.5 Å². The van der Waals surface area contributed by atoms with Crippen molar-refractivity contribution in [2.45, 2.75) is 6.61 Å². The number of fused-ring (bicyclic) bond motifs is 1. The maximum atomic E-state index is 5.94. The third-order valence-corrected chi connectivity index (χ3v) is 3.45. The average molecular weight is 294 g/mol. The second-order valence-corrected chi connectivity index (χ2v) is 5.08. The van der Waals surface area contributed by atoms with Gasteiger partial charge in [0.2, 0.25) is 0 Å². The van der Waals surface area contributed by atoms with Crippen molar-refractivity contribution in [1.82, 2.24) is 4.98 Å². The van der Waals surface area contributed by atoms with Crippen LogP contribution in [0.5, 0.6) is 5.75 Å². The van der Waals surface area contributed by atoms with E-state index in [1.54, 1.807) is 6.20 Å². The van der Waals surface area contributed by atoms with Crippen LogP contribution >= 0.6 is 12.2 Å². The summed E-state index contributed by atoms with van der Waals surface area (Å²) in [5, 5.41) is 2.23. The quantitative estimate of drug-likeness (QED) is 0.749. The first-order chi connectivity index (χ1) is 10.3. The van der Waals surface area contributed by atoms with E-state index in [1.165, 1.54) is 0 Å². The number of pyridine rings is 1. The van der Waals surface area contributed by atoms with Crippen LogP contribution in [-0.4, -0.2) is 9.97 Å². The maximum absolute atomic E-state index is 5.94. The molecule has 3 aromatic rings. The summed E-state index contributed by atoms with van der Waals surface area (Å²) in [5.74, 6) is 0.839. The second-order valence-electron chi connectivity index (χ2n) is 4.64. The predicted octanol–water partition coefficient (Wildman–Crippen LogP) is 3.45. The lowest BCUT2D eigenvalue weighted by Crippen LogP contribution is -2.15. The number of nitrogens with zero attached hydrogens (tertiary/aromatic N) is 1. The SMILES string of the molecule is NC(=S)c1ncccc1COc1cccc2ccccc12. The molecule has 0 aliphatic rings. The molecule has 0 amide bonds. The molecule has 0 fully saturated rings. The highest BCUT2D eigenvalue weighted by atomic mass is 32.1. The molecule has 3 nitrogen and oxygen atoms in total. The number of hydrogen-bond acceptors (Lipinski definition) is 3. The van der Waals surface area contributed by atoms with Crippen LogP contribution in [0.15, 0.2) is 60.8 Å². The largest absolute Gasteiger partial charge is 0.488 e. The molecule has 2 N–H and O–H groups in total. The Morgan fingerprint density at radius 2 is 1.86 bits per heavy atom. The van der Waals surface area contributed by atoms with Gasteiger partial charge in [-0.1, -0.05) is 54.7 Å². The number of nitrogens with two attached hydrogens (primary N) is 1. The molecular weight excluding hydrogens is 280 g/mol. The Hall–Kier alpha value is -2.46. The average Bonchev–Trinajstić information content (AvgIpc) is 2.53. The van der Waals surface area contributed by atoms with Gasteiger partial charge in [-0.15, -0.1) is 0 Å². The summed E-state index contributed by atoms with van der Waals surface area (Å²) in [6, 6.07) is 17.9. The summed E-state index contributed by atoms with van der Waals surface area (Å²) in [5.41, 5.74) is 7.19. The molecule has 21 heavy (non-hydrogen) atoms. The van der Waals surface area contributed by atoms with Crippen LogP contribution in [0.2, 0.25) is 0 Å². The fraction of sp³-hybridized carbons (Fsp3) is 0.0588. The zero-order valence-electron chi connectivity index (χ0n) is 11.3. The molecule has 2 aromatic carbocycles. The normalized spacial score (nSPS) is 10.5. The fourth-order valence-electron chi connectivity index (χ4n) is 2.25. The Morgan fingerprint density at radius 3 is 2.71 bits per heavy atom. The smallest absolute Gasteiger partial charge is 0.127 e. The highest BCUT2D eigenvalue weighted by Crippen LogP contribution is 2.26. The Morgan fingerprint density at radius 1 is 1.05 bits per heavy atom. The highest BCUT2D eigenvalue weighted by Gasteiger charge is 2.08. The molecule has 104 valence electrons. The van der Waals surface area contributed by atoms with Gasteiger partial charge in [0.05, 0.1) is 0 Å². The van der Waals surface area contributed by atoms with Crippen molar-refractivity contribution in [2.75, 3.05) is 0 Å². The molecule has 0 unspecified atom stereocenters. The Labute approximate surface area is 128 Å². The van der Waals surface area contributed by atoms with Crippen LogP contribution in [0.1, 0.15) is 11.3 Å². The number of rotatable bonds is 4. The minimum Gasteiger partial charge on any atom is -0.488 e. The monoisotopic (exact) mass is 294 g/mol. The summed E-state index contributed by atoms with van der Waals surface area (Å²) in [6.07, 6.45) is 1.68. The van der Waals surface area contributed by atoms with Crippen LogP contribution in [0.3, 0.4) is 0 Å². The zero-order chi connectivity index (χ0) is 14.7. The molecule has 1 aromatic heterocycles. The fourth-order valence-corrected chi connectivity index (χ4v) is 2.44. The van der Waals surface area contributed by atoms with Gasteiger partial charge in [0.1, 0.15) is 23.0 Å². The van der Waals surface area contributed by atoms with Gasteiger partial charge in [0, 0.05) is 17.1 Å². The first-order valence-corrected chi connectivity index (χ1v) is 7.01. The van der Waals surface area contributed by atoms with Crippen molar-refractivity contribution >= 4 is 28.0 Å². The van der Waals surface area contributed by atoms with E-state index in [0.717, 1.165) is 22.1 Å².